The fraction of sp³-hybridized carbons (Fsp3) is 0.366. The van der Waals surface area contributed by atoms with E-state index < -0.39 is 18.0 Å². The highest BCUT2D eigenvalue weighted by Gasteiger charge is 2.19. The van der Waals surface area contributed by atoms with Crippen molar-refractivity contribution in [3.8, 4) is 23.0 Å². The first-order valence-corrected chi connectivity index (χ1v) is 16.3. The zero-order chi connectivity index (χ0) is 33.5. The van der Waals surface area contributed by atoms with Crippen LogP contribution >= 0.6 is 0 Å². The number of unbranched alkanes of at least 4 members (excludes halogenated alkanes) is 2. The van der Waals surface area contributed by atoms with Gasteiger partial charge in [-0.2, -0.15) is 0 Å². The highest BCUT2D eigenvalue weighted by atomic mass is 16.5. The Bertz CT molecular complexity index is 1530. The van der Waals surface area contributed by atoms with Crippen molar-refractivity contribution in [2.45, 2.75) is 78.7 Å². The van der Waals surface area contributed by atoms with Crippen molar-refractivity contribution < 1.29 is 24.2 Å². The van der Waals surface area contributed by atoms with Gasteiger partial charge >= 0.3 is 11.9 Å². The van der Waals surface area contributed by atoms with Gasteiger partial charge in [0.25, 0.3) is 0 Å². The predicted octanol–water partition coefficient (Wildman–Crippen LogP) is 8.20. The molecule has 0 bridgehead atoms. The minimum Gasteiger partial charge on any atom is -0.462 e. The lowest BCUT2D eigenvalue weighted by atomic mass is 9.94. The first-order chi connectivity index (χ1) is 22.1. The molecule has 5 nitrogen and oxygen atoms in total. The molecule has 242 valence electrons. The van der Waals surface area contributed by atoms with E-state index in [0.717, 1.165) is 29.5 Å². The van der Waals surface area contributed by atoms with E-state index in [4.69, 9.17) is 9.47 Å². The van der Waals surface area contributed by atoms with Gasteiger partial charge in [-0.1, -0.05) is 94.2 Å². The lowest BCUT2D eigenvalue weighted by Crippen LogP contribution is -2.24. The molecule has 2 atom stereocenters. The zero-order valence-corrected chi connectivity index (χ0v) is 27.9. The third kappa shape index (κ3) is 11.5. The van der Waals surface area contributed by atoms with Gasteiger partial charge in [0.15, 0.2) is 0 Å². The van der Waals surface area contributed by atoms with Gasteiger partial charge in [0, 0.05) is 22.6 Å². The van der Waals surface area contributed by atoms with Crippen LogP contribution in [0.4, 0.5) is 0 Å². The molecule has 0 aromatic heterocycles. The number of aliphatic hydroxyl groups excluding tert-OH is 1. The van der Waals surface area contributed by atoms with Gasteiger partial charge in [-0.05, 0) is 98.0 Å². The molecule has 46 heavy (non-hydrogen) atoms. The fourth-order valence-corrected chi connectivity index (χ4v) is 4.93. The molecule has 2 unspecified atom stereocenters. The lowest BCUT2D eigenvalue weighted by molar-refractivity contribution is -0.144. The maximum Gasteiger partial charge on any atom is 0.336 e. The first-order valence-electron chi connectivity index (χ1n) is 16.3. The Morgan fingerprint density at radius 3 is 2.00 bits per heavy atom. The van der Waals surface area contributed by atoms with Gasteiger partial charge in [-0.25, -0.2) is 9.59 Å². The average molecular weight is 621 g/mol. The molecular weight excluding hydrogens is 572 g/mol. The monoisotopic (exact) mass is 620 g/mol. The van der Waals surface area contributed by atoms with Crippen LogP contribution in [-0.4, -0.2) is 36.4 Å². The number of hydrogen-bond donors (Lipinski definition) is 1. The summed E-state index contributed by atoms with van der Waals surface area (Å²) in [5.41, 5.74) is 8.47. The van der Waals surface area contributed by atoms with Gasteiger partial charge in [0.05, 0.1) is 24.9 Å². The first kappa shape index (κ1) is 36.1. The van der Waals surface area contributed by atoms with Crippen LogP contribution in [0.1, 0.15) is 81.2 Å². The minimum atomic E-state index is -0.996. The Morgan fingerprint density at radius 2 is 1.39 bits per heavy atom. The van der Waals surface area contributed by atoms with Gasteiger partial charge in [0.1, 0.15) is 0 Å². The Balaban J connectivity index is 1.62. The molecular formula is C41H48O5. The van der Waals surface area contributed by atoms with Gasteiger partial charge in [0.2, 0.25) is 0 Å². The van der Waals surface area contributed by atoms with Gasteiger partial charge < -0.3 is 14.6 Å². The molecule has 0 aliphatic rings. The van der Waals surface area contributed by atoms with E-state index >= 15 is 0 Å². The van der Waals surface area contributed by atoms with Crippen LogP contribution < -0.4 is 0 Å². The summed E-state index contributed by atoms with van der Waals surface area (Å²) >= 11 is 0. The van der Waals surface area contributed by atoms with Crippen molar-refractivity contribution in [2.24, 2.45) is 5.92 Å². The molecule has 3 rings (SSSR count). The maximum atomic E-state index is 12.2. The molecule has 0 saturated heterocycles. The summed E-state index contributed by atoms with van der Waals surface area (Å²) < 4.78 is 10.7. The molecule has 0 fully saturated rings. The molecule has 0 spiro atoms. The lowest BCUT2D eigenvalue weighted by Gasteiger charge is -2.18. The van der Waals surface area contributed by atoms with Crippen LogP contribution in [-0.2, 0) is 38.3 Å². The second kappa shape index (κ2) is 18.5. The van der Waals surface area contributed by atoms with E-state index in [9.17, 15) is 14.7 Å². The molecule has 0 amide bonds. The average Bonchev–Trinajstić information content (AvgIpc) is 3.07. The summed E-state index contributed by atoms with van der Waals surface area (Å²) in [5, 5.41) is 9.59. The van der Waals surface area contributed by atoms with Gasteiger partial charge in [-0.3, -0.25) is 0 Å². The van der Waals surface area contributed by atoms with Crippen LogP contribution in [0, 0.1) is 17.8 Å². The standard InChI is InChI=1S/C41H48O5/c1-7-9-10-11-32-20-23-38(24-21-32)39-25-22-35(26-37(39)8-2)18-16-33-12-14-34(15-13-33)17-19-36(27-45-40(43)29(3)4)28-46-41(44)30(5)31(6)42/h12-15,20-26,31,36,42H,3,5,7-11,17,19,27-28H2,1-2,4,6H3. The van der Waals surface area contributed by atoms with E-state index in [1.54, 1.807) is 6.92 Å². The maximum absolute atomic E-state index is 12.2. The Hall–Kier alpha value is -4.40. The number of carbonyl (C=O) groups excluding carboxylic acids is 2. The van der Waals surface area contributed by atoms with Crippen molar-refractivity contribution in [2.75, 3.05) is 13.2 Å². The van der Waals surface area contributed by atoms with Crippen molar-refractivity contribution in [1.29, 1.82) is 0 Å². The molecule has 0 heterocycles. The van der Waals surface area contributed by atoms with Crippen LogP contribution in [0.3, 0.4) is 0 Å². The number of aryl methyl sites for hydroxylation is 3. The highest BCUT2D eigenvalue weighted by molar-refractivity contribution is 5.88. The topological polar surface area (TPSA) is 72.8 Å². The van der Waals surface area contributed by atoms with Crippen LogP contribution in [0.5, 0.6) is 0 Å². The number of ether oxygens (including phenoxy) is 2. The molecule has 3 aromatic carbocycles. The van der Waals surface area contributed by atoms with Crippen molar-refractivity contribution in [3.05, 3.63) is 119 Å². The minimum absolute atomic E-state index is 0.0148. The summed E-state index contributed by atoms with van der Waals surface area (Å²) in [5.74, 6) is 5.23. The molecule has 0 aliphatic carbocycles. The molecule has 0 saturated carbocycles. The van der Waals surface area contributed by atoms with Crippen molar-refractivity contribution >= 4 is 11.9 Å². The molecule has 3 aromatic rings. The molecule has 1 N–H and O–H groups in total. The summed E-state index contributed by atoms with van der Waals surface area (Å²) in [4.78, 5) is 24.1. The Morgan fingerprint density at radius 1 is 0.804 bits per heavy atom. The van der Waals surface area contributed by atoms with E-state index in [1.165, 1.54) is 48.4 Å². The van der Waals surface area contributed by atoms with Gasteiger partial charge in [-0.15, -0.1) is 0 Å². The Labute approximate surface area is 275 Å². The number of carbonyl (C=O) groups is 2. The molecule has 5 heteroatoms. The van der Waals surface area contributed by atoms with Crippen LogP contribution in [0.25, 0.3) is 11.1 Å². The summed E-state index contributed by atoms with van der Waals surface area (Å²) in [7, 11) is 0. The number of rotatable bonds is 16. The molecule has 0 radical (unpaired) electrons. The fourth-order valence-electron chi connectivity index (χ4n) is 4.93. The number of benzene rings is 3. The van der Waals surface area contributed by atoms with Crippen LogP contribution in [0.2, 0.25) is 0 Å². The van der Waals surface area contributed by atoms with E-state index in [1.807, 2.05) is 24.3 Å². The van der Waals surface area contributed by atoms with E-state index in [0.29, 0.717) is 18.4 Å². The third-order valence-corrected chi connectivity index (χ3v) is 7.98. The SMILES string of the molecule is C=C(C)C(=O)OCC(CCc1ccc(C#Cc2ccc(-c3ccc(CCCCC)cc3)c(CC)c2)cc1)COC(=O)C(=C)C(C)O. The largest absolute Gasteiger partial charge is 0.462 e. The van der Waals surface area contributed by atoms with E-state index in [-0.39, 0.29) is 24.7 Å². The predicted molar refractivity (Wildman–Crippen MR) is 186 cm³/mol. The summed E-state index contributed by atoms with van der Waals surface area (Å²) in [6.07, 6.45) is 6.14. The second-order valence-electron chi connectivity index (χ2n) is 11.9. The number of esters is 2. The molecule has 0 aliphatic heterocycles. The quantitative estimate of drug-likeness (QED) is 0.0757. The Kier molecular flexibility index (Phi) is 14.5. The smallest absolute Gasteiger partial charge is 0.336 e. The highest BCUT2D eigenvalue weighted by Crippen LogP contribution is 2.26. The van der Waals surface area contributed by atoms with Crippen LogP contribution in [0.15, 0.2) is 91.0 Å². The number of aliphatic hydroxyl groups is 1. The zero-order valence-electron chi connectivity index (χ0n) is 27.9. The van der Waals surface area contributed by atoms with E-state index in [2.05, 4.69) is 81.3 Å². The summed E-state index contributed by atoms with van der Waals surface area (Å²) in [6.45, 7) is 14.8. The summed E-state index contributed by atoms with van der Waals surface area (Å²) in [6, 6.07) is 23.5. The second-order valence-corrected chi connectivity index (χ2v) is 11.9. The normalized spacial score (nSPS) is 11.9. The van der Waals surface area contributed by atoms with Crippen molar-refractivity contribution in [3.63, 3.8) is 0 Å². The van der Waals surface area contributed by atoms with Crippen molar-refractivity contribution in [1.82, 2.24) is 0 Å². The third-order valence-electron chi connectivity index (χ3n) is 7.98. The number of hydrogen-bond acceptors (Lipinski definition) is 5.